The second-order valence-corrected chi connectivity index (χ2v) is 6.65. The SMILES string of the molecule is CCSC1CCC(NCc2c(F)cccc2Cl)C1. The molecule has 2 atom stereocenters. The van der Waals surface area contributed by atoms with E-state index in [2.05, 4.69) is 12.2 Å². The lowest BCUT2D eigenvalue weighted by molar-refractivity contribution is 0.509. The number of thioether (sulfide) groups is 1. The fourth-order valence-corrected chi connectivity index (χ4v) is 3.83. The Morgan fingerprint density at radius 3 is 3.00 bits per heavy atom. The Bertz CT molecular complexity index is 379. The van der Waals surface area contributed by atoms with Crippen molar-refractivity contribution in [3.8, 4) is 0 Å². The smallest absolute Gasteiger partial charge is 0.129 e. The van der Waals surface area contributed by atoms with E-state index in [-0.39, 0.29) is 5.82 Å². The molecule has 0 saturated heterocycles. The first-order valence-electron chi connectivity index (χ1n) is 6.48. The van der Waals surface area contributed by atoms with Gasteiger partial charge in [-0.15, -0.1) is 0 Å². The Balaban J connectivity index is 1.85. The maximum atomic E-state index is 13.6. The Kier molecular flexibility index (Phi) is 5.34. The zero-order valence-electron chi connectivity index (χ0n) is 10.6. The predicted molar refractivity (Wildman–Crippen MR) is 77.8 cm³/mol. The first-order valence-corrected chi connectivity index (χ1v) is 7.91. The monoisotopic (exact) mass is 287 g/mol. The molecule has 1 nitrogen and oxygen atoms in total. The van der Waals surface area contributed by atoms with Crippen LogP contribution in [-0.2, 0) is 6.54 Å². The van der Waals surface area contributed by atoms with E-state index < -0.39 is 0 Å². The molecule has 0 amide bonds. The maximum absolute atomic E-state index is 13.6. The Hall–Kier alpha value is -0.250. The Morgan fingerprint density at radius 2 is 2.28 bits per heavy atom. The highest BCUT2D eigenvalue weighted by atomic mass is 35.5. The van der Waals surface area contributed by atoms with Gasteiger partial charge in [0.25, 0.3) is 0 Å². The lowest BCUT2D eigenvalue weighted by Crippen LogP contribution is -2.26. The van der Waals surface area contributed by atoms with Crippen molar-refractivity contribution in [3.05, 3.63) is 34.6 Å². The molecule has 0 radical (unpaired) electrons. The number of halogens is 2. The van der Waals surface area contributed by atoms with Crippen LogP contribution in [0.4, 0.5) is 4.39 Å². The molecule has 1 aliphatic rings. The molecule has 1 aliphatic carbocycles. The van der Waals surface area contributed by atoms with Crippen LogP contribution in [-0.4, -0.2) is 17.0 Å². The van der Waals surface area contributed by atoms with Crippen molar-refractivity contribution in [2.45, 2.75) is 44.0 Å². The molecule has 100 valence electrons. The molecule has 0 aromatic heterocycles. The molecule has 0 spiro atoms. The summed E-state index contributed by atoms with van der Waals surface area (Å²) < 4.78 is 13.6. The summed E-state index contributed by atoms with van der Waals surface area (Å²) >= 11 is 8.04. The summed E-state index contributed by atoms with van der Waals surface area (Å²) in [5.74, 6) is 0.962. The van der Waals surface area contributed by atoms with E-state index in [1.807, 2.05) is 11.8 Å². The van der Waals surface area contributed by atoms with Gasteiger partial charge in [-0.2, -0.15) is 11.8 Å². The normalized spacial score (nSPS) is 23.5. The van der Waals surface area contributed by atoms with Crippen molar-refractivity contribution in [3.63, 3.8) is 0 Å². The second-order valence-electron chi connectivity index (χ2n) is 4.67. The van der Waals surface area contributed by atoms with E-state index >= 15 is 0 Å². The summed E-state index contributed by atoms with van der Waals surface area (Å²) in [5, 5.41) is 4.71. The molecular weight excluding hydrogens is 269 g/mol. The lowest BCUT2D eigenvalue weighted by atomic mass is 10.2. The van der Waals surface area contributed by atoms with Gasteiger partial charge >= 0.3 is 0 Å². The summed E-state index contributed by atoms with van der Waals surface area (Å²) in [4.78, 5) is 0. The first kappa shape index (κ1) is 14.2. The molecule has 4 heteroatoms. The third-order valence-corrected chi connectivity index (χ3v) is 5.00. The summed E-state index contributed by atoms with van der Waals surface area (Å²) in [6.07, 6.45) is 3.63. The van der Waals surface area contributed by atoms with E-state index in [0.29, 0.717) is 23.2 Å². The van der Waals surface area contributed by atoms with Crippen molar-refractivity contribution in [1.82, 2.24) is 5.32 Å². The van der Waals surface area contributed by atoms with E-state index in [1.165, 1.54) is 31.1 Å². The van der Waals surface area contributed by atoms with E-state index in [4.69, 9.17) is 11.6 Å². The van der Waals surface area contributed by atoms with Crippen molar-refractivity contribution in [1.29, 1.82) is 0 Å². The van der Waals surface area contributed by atoms with Crippen LogP contribution >= 0.6 is 23.4 Å². The molecule has 18 heavy (non-hydrogen) atoms. The third kappa shape index (κ3) is 3.62. The molecular formula is C14H19ClFNS. The van der Waals surface area contributed by atoms with Gasteiger partial charge in [0.05, 0.1) is 0 Å². The van der Waals surface area contributed by atoms with Crippen LogP contribution in [0.15, 0.2) is 18.2 Å². The summed E-state index contributed by atoms with van der Waals surface area (Å²) in [5.41, 5.74) is 0.589. The van der Waals surface area contributed by atoms with Crippen LogP contribution < -0.4 is 5.32 Å². The van der Waals surface area contributed by atoms with Crippen molar-refractivity contribution < 1.29 is 4.39 Å². The third-order valence-electron chi connectivity index (χ3n) is 3.42. The van der Waals surface area contributed by atoms with Gasteiger partial charge in [-0.3, -0.25) is 0 Å². The Labute approximate surface area is 117 Å². The molecule has 1 N–H and O–H groups in total. The molecule has 1 saturated carbocycles. The standard InChI is InChI=1S/C14H19ClFNS/c1-2-18-11-7-6-10(8-11)17-9-12-13(15)4-3-5-14(12)16/h3-5,10-11,17H,2,6-9H2,1H3. The van der Waals surface area contributed by atoms with Gasteiger partial charge in [0, 0.05) is 28.4 Å². The van der Waals surface area contributed by atoms with Crippen LogP contribution in [0, 0.1) is 5.82 Å². The zero-order chi connectivity index (χ0) is 13.0. The van der Waals surface area contributed by atoms with E-state index in [0.717, 1.165) is 5.25 Å². The van der Waals surface area contributed by atoms with Gasteiger partial charge in [0.15, 0.2) is 0 Å². The van der Waals surface area contributed by atoms with Gasteiger partial charge in [0.2, 0.25) is 0 Å². The zero-order valence-corrected chi connectivity index (χ0v) is 12.2. The van der Waals surface area contributed by atoms with Gasteiger partial charge in [-0.1, -0.05) is 24.6 Å². The second kappa shape index (κ2) is 6.78. The molecule has 1 aromatic rings. The van der Waals surface area contributed by atoms with Crippen LogP contribution in [0.1, 0.15) is 31.7 Å². The average Bonchev–Trinajstić information content (AvgIpc) is 2.77. The van der Waals surface area contributed by atoms with Gasteiger partial charge in [-0.25, -0.2) is 4.39 Å². The van der Waals surface area contributed by atoms with Gasteiger partial charge in [-0.05, 0) is 37.1 Å². The Morgan fingerprint density at radius 1 is 1.44 bits per heavy atom. The highest BCUT2D eigenvalue weighted by Crippen LogP contribution is 2.30. The molecule has 0 aliphatic heterocycles. The van der Waals surface area contributed by atoms with Gasteiger partial charge < -0.3 is 5.32 Å². The van der Waals surface area contributed by atoms with Crippen LogP contribution in [0.5, 0.6) is 0 Å². The summed E-state index contributed by atoms with van der Waals surface area (Å²) in [6, 6.07) is 5.36. The minimum Gasteiger partial charge on any atom is -0.310 e. The summed E-state index contributed by atoms with van der Waals surface area (Å²) in [7, 11) is 0. The first-order chi connectivity index (χ1) is 8.70. The molecule has 2 rings (SSSR count). The van der Waals surface area contributed by atoms with Crippen LogP contribution in [0.25, 0.3) is 0 Å². The number of benzene rings is 1. The molecule has 2 unspecified atom stereocenters. The van der Waals surface area contributed by atoms with E-state index in [9.17, 15) is 4.39 Å². The molecule has 1 aromatic carbocycles. The van der Waals surface area contributed by atoms with Gasteiger partial charge in [0.1, 0.15) is 5.82 Å². The van der Waals surface area contributed by atoms with Crippen LogP contribution in [0.3, 0.4) is 0 Å². The highest BCUT2D eigenvalue weighted by Gasteiger charge is 2.24. The van der Waals surface area contributed by atoms with Crippen molar-refractivity contribution in [2.75, 3.05) is 5.75 Å². The molecule has 1 fully saturated rings. The fraction of sp³-hybridized carbons (Fsp3) is 0.571. The minimum atomic E-state index is -0.215. The number of nitrogens with one attached hydrogen (secondary N) is 1. The largest absolute Gasteiger partial charge is 0.310 e. The minimum absolute atomic E-state index is 0.215. The highest BCUT2D eigenvalue weighted by molar-refractivity contribution is 7.99. The molecule has 0 heterocycles. The maximum Gasteiger partial charge on any atom is 0.129 e. The topological polar surface area (TPSA) is 12.0 Å². The van der Waals surface area contributed by atoms with Crippen molar-refractivity contribution >= 4 is 23.4 Å². The predicted octanol–water partition coefficient (Wildman–Crippen LogP) is 4.24. The van der Waals surface area contributed by atoms with Crippen molar-refractivity contribution in [2.24, 2.45) is 0 Å². The number of hydrogen-bond donors (Lipinski definition) is 1. The van der Waals surface area contributed by atoms with Crippen LogP contribution in [0.2, 0.25) is 5.02 Å². The lowest BCUT2D eigenvalue weighted by Gasteiger charge is -2.14. The number of rotatable bonds is 5. The number of hydrogen-bond acceptors (Lipinski definition) is 2. The summed E-state index contributed by atoms with van der Waals surface area (Å²) in [6.45, 7) is 2.73. The fourth-order valence-electron chi connectivity index (χ4n) is 2.46. The molecule has 0 bridgehead atoms. The average molecular weight is 288 g/mol. The quantitative estimate of drug-likeness (QED) is 0.869. The van der Waals surface area contributed by atoms with E-state index in [1.54, 1.807) is 12.1 Å².